The Morgan fingerprint density at radius 3 is 2.17 bits per heavy atom. The highest BCUT2D eigenvalue weighted by atomic mass is 16.6. The SMILES string of the molecule is CC(C)(C)OC(=O)C1C2CCCC3C2N1CN3C(=O)OC(C)(C)C. The van der Waals surface area contributed by atoms with Gasteiger partial charge in [0.25, 0.3) is 0 Å². The average molecular weight is 338 g/mol. The number of amides is 1. The molecular weight excluding hydrogens is 308 g/mol. The Balaban J connectivity index is 1.73. The average Bonchev–Trinajstić information content (AvgIpc) is 2.71. The molecule has 24 heavy (non-hydrogen) atoms. The van der Waals surface area contributed by atoms with Crippen LogP contribution in [0.15, 0.2) is 0 Å². The Kier molecular flexibility index (Phi) is 4.10. The Morgan fingerprint density at radius 2 is 1.58 bits per heavy atom. The highest BCUT2D eigenvalue weighted by Crippen LogP contribution is 2.49. The van der Waals surface area contributed by atoms with Gasteiger partial charge in [0.2, 0.25) is 0 Å². The van der Waals surface area contributed by atoms with Crippen molar-refractivity contribution in [3.63, 3.8) is 0 Å². The first kappa shape index (κ1) is 17.5. The maximum atomic E-state index is 12.6. The van der Waals surface area contributed by atoms with Crippen LogP contribution in [-0.2, 0) is 14.3 Å². The zero-order chi connectivity index (χ0) is 17.9. The third-order valence-electron chi connectivity index (χ3n) is 5.01. The van der Waals surface area contributed by atoms with Gasteiger partial charge in [-0.05, 0) is 54.4 Å². The van der Waals surface area contributed by atoms with E-state index < -0.39 is 11.2 Å². The number of carbonyl (C=O) groups excluding carboxylic acids is 2. The van der Waals surface area contributed by atoms with Gasteiger partial charge in [-0.25, -0.2) is 4.79 Å². The lowest BCUT2D eigenvalue weighted by Crippen LogP contribution is -2.68. The zero-order valence-corrected chi connectivity index (χ0v) is 15.7. The van der Waals surface area contributed by atoms with Crippen molar-refractivity contribution in [3.05, 3.63) is 0 Å². The van der Waals surface area contributed by atoms with Crippen LogP contribution in [0.2, 0.25) is 0 Å². The van der Waals surface area contributed by atoms with E-state index in [9.17, 15) is 9.59 Å². The van der Waals surface area contributed by atoms with Gasteiger partial charge < -0.3 is 9.47 Å². The minimum Gasteiger partial charge on any atom is -0.459 e. The van der Waals surface area contributed by atoms with Crippen LogP contribution in [0, 0.1) is 5.92 Å². The first-order valence-electron chi connectivity index (χ1n) is 8.96. The van der Waals surface area contributed by atoms with Crippen LogP contribution in [-0.4, -0.2) is 57.9 Å². The molecule has 3 fully saturated rings. The quantitative estimate of drug-likeness (QED) is 0.688. The minimum absolute atomic E-state index is 0.157. The summed E-state index contributed by atoms with van der Waals surface area (Å²) in [4.78, 5) is 29.1. The summed E-state index contributed by atoms with van der Waals surface area (Å²) in [6, 6.07) is 0.227. The molecule has 2 saturated heterocycles. The summed E-state index contributed by atoms with van der Waals surface area (Å²) in [6.45, 7) is 11.8. The van der Waals surface area contributed by atoms with E-state index in [2.05, 4.69) is 4.90 Å². The van der Waals surface area contributed by atoms with Gasteiger partial charge in [0, 0.05) is 12.0 Å². The van der Waals surface area contributed by atoms with Gasteiger partial charge in [-0.2, -0.15) is 0 Å². The highest BCUT2D eigenvalue weighted by molar-refractivity contribution is 5.79. The normalized spacial score (nSPS) is 32.8. The van der Waals surface area contributed by atoms with Crippen molar-refractivity contribution in [2.24, 2.45) is 5.92 Å². The Morgan fingerprint density at radius 1 is 0.958 bits per heavy atom. The molecule has 3 rings (SSSR count). The number of nitrogens with zero attached hydrogens (tertiary/aromatic N) is 2. The van der Waals surface area contributed by atoms with E-state index in [1.807, 2.05) is 46.4 Å². The smallest absolute Gasteiger partial charge is 0.411 e. The lowest BCUT2D eigenvalue weighted by atomic mass is 9.70. The molecule has 4 atom stereocenters. The molecule has 1 aliphatic carbocycles. The van der Waals surface area contributed by atoms with Crippen LogP contribution < -0.4 is 0 Å². The molecule has 0 N–H and O–H groups in total. The summed E-state index contributed by atoms with van der Waals surface area (Å²) < 4.78 is 11.2. The van der Waals surface area contributed by atoms with Gasteiger partial charge in [-0.1, -0.05) is 6.42 Å². The number of ether oxygens (including phenoxy) is 2. The minimum atomic E-state index is -0.507. The molecule has 0 radical (unpaired) electrons. The summed E-state index contributed by atoms with van der Waals surface area (Å²) in [5.41, 5.74) is -0.993. The summed E-state index contributed by atoms with van der Waals surface area (Å²) in [7, 11) is 0. The third kappa shape index (κ3) is 3.13. The fourth-order valence-corrected chi connectivity index (χ4v) is 4.32. The van der Waals surface area contributed by atoms with Crippen molar-refractivity contribution in [1.82, 2.24) is 9.80 Å². The maximum Gasteiger partial charge on any atom is 0.411 e. The molecule has 0 bridgehead atoms. The third-order valence-corrected chi connectivity index (χ3v) is 5.01. The molecule has 4 unspecified atom stereocenters. The maximum absolute atomic E-state index is 12.6. The van der Waals surface area contributed by atoms with Crippen molar-refractivity contribution >= 4 is 12.1 Å². The van der Waals surface area contributed by atoms with E-state index in [0.29, 0.717) is 12.6 Å². The van der Waals surface area contributed by atoms with Crippen LogP contribution in [0.5, 0.6) is 0 Å². The molecule has 2 heterocycles. The Bertz CT molecular complexity index is 508. The van der Waals surface area contributed by atoms with E-state index in [-0.39, 0.29) is 30.2 Å². The van der Waals surface area contributed by atoms with Crippen LogP contribution in [0.3, 0.4) is 0 Å². The van der Waals surface area contributed by atoms with Crippen molar-refractivity contribution in [1.29, 1.82) is 0 Å². The second-order valence-corrected chi connectivity index (χ2v) is 9.24. The predicted molar refractivity (Wildman–Crippen MR) is 89.3 cm³/mol. The van der Waals surface area contributed by atoms with Crippen LogP contribution >= 0.6 is 0 Å². The van der Waals surface area contributed by atoms with Gasteiger partial charge in [0.05, 0.1) is 12.7 Å². The van der Waals surface area contributed by atoms with Crippen molar-refractivity contribution in [2.75, 3.05) is 6.67 Å². The van der Waals surface area contributed by atoms with Gasteiger partial charge in [-0.15, -0.1) is 0 Å². The molecule has 1 saturated carbocycles. The van der Waals surface area contributed by atoms with E-state index in [1.54, 1.807) is 0 Å². The van der Waals surface area contributed by atoms with Crippen LogP contribution in [0.4, 0.5) is 4.79 Å². The number of hydrogen-bond acceptors (Lipinski definition) is 5. The summed E-state index contributed by atoms with van der Waals surface area (Å²) >= 11 is 0. The van der Waals surface area contributed by atoms with Crippen LogP contribution in [0.1, 0.15) is 60.8 Å². The molecule has 6 heteroatoms. The number of esters is 1. The predicted octanol–water partition coefficient (Wildman–Crippen LogP) is 2.76. The lowest BCUT2D eigenvalue weighted by molar-refractivity contribution is -0.177. The molecule has 0 aromatic heterocycles. The largest absolute Gasteiger partial charge is 0.459 e. The van der Waals surface area contributed by atoms with Gasteiger partial charge in [0.1, 0.15) is 17.2 Å². The second-order valence-electron chi connectivity index (χ2n) is 9.24. The Hall–Kier alpha value is -1.30. The molecule has 0 aromatic rings. The number of hydrogen-bond donors (Lipinski definition) is 0. The van der Waals surface area contributed by atoms with E-state index >= 15 is 0 Å². The summed E-state index contributed by atoms with van der Waals surface area (Å²) in [6.07, 6.45) is 2.78. The topological polar surface area (TPSA) is 59.1 Å². The first-order valence-corrected chi connectivity index (χ1v) is 8.96. The standard InChI is InChI=1S/C18H30N2O4/c1-17(2,3)23-15(21)14-11-8-7-9-12-13(11)20(14)10-19(12)16(22)24-18(4,5)6/h11-14H,7-10H2,1-6H3. The molecule has 136 valence electrons. The fraction of sp³-hybridized carbons (Fsp3) is 0.889. The van der Waals surface area contributed by atoms with Crippen molar-refractivity contribution in [3.8, 4) is 0 Å². The summed E-state index contributed by atoms with van der Waals surface area (Å²) in [5, 5.41) is 0. The molecule has 0 aromatic carbocycles. The van der Waals surface area contributed by atoms with E-state index in [4.69, 9.17) is 9.47 Å². The molecule has 6 nitrogen and oxygen atoms in total. The molecule has 3 aliphatic rings. The van der Waals surface area contributed by atoms with Gasteiger partial charge >= 0.3 is 12.1 Å². The zero-order valence-electron chi connectivity index (χ0n) is 15.7. The Labute approximate surface area is 144 Å². The van der Waals surface area contributed by atoms with Crippen molar-refractivity contribution < 1.29 is 19.1 Å². The van der Waals surface area contributed by atoms with Crippen molar-refractivity contribution in [2.45, 2.75) is 90.1 Å². The van der Waals surface area contributed by atoms with Gasteiger partial charge in [0.15, 0.2) is 0 Å². The lowest BCUT2D eigenvalue weighted by Gasteiger charge is -2.53. The first-order chi connectivity index (χ1) is 11.0. The summed E-state index contributed by atoms with van der Waals surface area (Å²) in [5.74, 6) is 0.140. The fourth-order valence-electron chi connectivity index (χ4n) is 4.32. The number of rotatable bonds is 1. The molecule has 2 aliphatic heterocycles. The molecule has 0 spiro atoms. The monoisotopic (exact) mass is 338 g/mol. The number of carbonyl (C=O) groups is 2. The van der Waals surface area contributed by atoms with E-state index in [0.717, 1.165) is 19.3 Å². The van der Waals surface area contributed by atoms with Crippen LogP contribution in [0.25, 0.3) is 0 Å². The van der Waals surface area contributed by atoms with Gasteiger partial charge in [-0.3, -0.25) is 14.6 Å². The molecular formula is C18H30N2O4. The second kappa shape index (κ2) is 5.61. The van der Waals surface area contributed by atoms with E-state index in [1.165, 1.54) is 0 Å². The molecule has 1 amide bonds. The highest BCUT2D eigenvalue weighted by Gasteiger charge is 2.63.